The Balaban J connectivity index is 1.43. The van der Waals surface area contributed by atoms with Crippen LogP contribution in [0.1, 0.15) is 52.4 Å². The number of esters is 1. The number of nitrogens with one attached hydrogen (secondary N) is 1. The van der Waals surface area contributed by atoms with Crippen molar-refractivity contribution < 1.29 is 37.4 Å². The minimum atomic E-state index is -0.875. The molecule has 2 atom stereocenters. The number of ether oxygens (including phenoxy) is 3. The van der Waals surface area contributed by atoms with E-state index in [1.807, 2.05) is 0 Å². The lowest BCUT2D eigenvalue weighted by Gasteiger charge is -2.57. The Bertz CT molecular complexity index is 1330. The van der Waals surface area contributed by atoms with Crippen LogP contribution in [0.2, 0.25) is 10.0 Å². The summed E-state index contributed by atoms with van der Waals surface area (Å²) in [5.74, 6) is -2.38. The van der Waals surface area contributed by atoms with Crippen molar-refractivity contribution in [1.29, 1.82) is 0 Å². The Kier molecular flexibility index (Phi) is 10.0. The summed E-state index contributed by atoms with van der Waals surface area (Å²) < 4.78 is 44.4. The number of hydrogen-bond donors (Lipinski definition) is 2. The third-order valence-electron chi connectivity index (χ3n) is 8.20. The lowest BCUT2D eigenvalue weighted by Crippen LogP contribution is -2.66. The Morgan fingerprint density at radius 1 is 0.952 bits per heavy atom. The molecule has 1 amide bonds. The predicted octanol–water partition coefficient (Wildman–Crippen LogP) is 5.40. The van der Waals surface area contributed by atoms with E-state index in [4.69, 9.17) is 43.1 Å². The summed E-state index contributed by atoms with van der Waals surface area (Å²) in [7, 11) is 0. The molecule has 228 valence electrons. The van der Waals surface area contributed by atoms with Crippen LogP contribution in [-0.4, -0.2) is 48.6 Å². The molecule has 5 rings (SSSR count). The molecule has 42 heavy (non-hydrogen) atoms. The van der Waals surface area contributed by atoms with Gasteiger partial charge in [0, 0.05) is 18.6 Å². The SMILES string of the molecule is CC(C)[C@H](N)C(=O)O[C@@H]1CC2(CC(=O)COc3ccc(Cl)c(F)c3)CCC1(NC(=O)COc1ccc(Cl)c(F)c1)CC2. The van der Waals surface area contributed by atoms with E-state index in [0.717, 1.165) is 12.1 Å². The molecule has 2 aromatic carbocycles. The molecule has 3 aliphatic rings. The van der Waals surface area contributed by atoms with Gasteiger partial charge in [-0.05, 0) is 67.7 Å². The fraction of sp³-hybridized carbons (Fsp3) is 0.500. The molecule has 2 bridgehead atoms. The van der Waals surface area contributed by atoms with Crippen molar-refractivity contribution in [1.82, 2.24) is 5.32 Å². The number of carbonyl (C=O) groups excluding carboxylic acids is 3. The first-order valence-corrected chi connectivity index (χ1v) is 14.5. The van der Waals surface area contributed by atoms with Crippen LogP contribution in [0, 0.1) is 23.0 Å². The topological polar surface area (TPSA) is 117 Å². The Labute approximate surface area is 253 Å². The zero-order chi connectivity index (χ0) is 30.7. The molecule has 0 heterocycles. The molecule has 0 saturated heterocycles. The van der Waals surface area contributed by atoms with Crippen LogP contribution in [0.5, 0.6) is 11.5 Å². The Morgan fingerprint density at radius 3 is 2.02 bits per heavy atom. The average molecular weight is 628 g/mol. The van der Waals surface area contributed by atoms with Gasteiger partial charge in [0.05, 0.1) is 15.6 Å². The van der Waals surface area contributed by atoms with Crippen molar-refractivity contribution in [3.8, 4) is 11.5 Å². The maximum Gasteiger partial charge on any atom is 0.323 e. The minimum absolute atomic E-state index is 0.0456. The summed E-state index contributed by atoms with van der Waals surface area (Å²) in [5.41, 5.74) is 4.71. The lowest BCUT2D eigenvalue weighted by molar-refractivity contribution is -0.173. The zero-order valence-electron chi connectivity index (χ0n) is 23.4. The maximum absolute atomic E-state index is 13.8. The van der Waals surface area contributed by atoms with Crippen LogP contribution < -0.4 is 20.5 Å². The van der Waals surface area contributed by atoms with Crippen molar-refractivity contribution in [3.63, 3.8) is 0 Å². The number of Topliss-reactive ketones (excluding diaryl/α,β-unsaturated/α-hetero) is 1. The first-order valence-electron chi connectivity index (χ1n) is 13.8. The number of nitrogens with two attached hydrogens (primary N) is 1. The molecule has 0 radical (unpaired) electrons. The van der Waals surface area contributed by atoms with Gasteiger partial charge in [-0.2, -0.15) is 0 Å². The van der Waals surface area contributed by atoms with Crippen LogP contribution in [-0.2, 0) is 19.1 Å². The molecular weight excluding hydrogens is 593 g/mol. The second-order valence-corrected chi connectivity index (χ2v) is 12.4. The second-order valence-electron chi connectivity index (χ2n) is 11.5. The molecule has 3 fully saturated rings. The van der Waals surface area contributed by atoms with E-state index in [-0.39, 0.29) is 52.9 Å². The smallest absolute Gasteiger partial charge is 0.323 e. The molecule has 2 aromatic rings. The summed E-state index contributed by atoms with van der Waals surface area (Å²) in [6, 6.07) is 6.97. The van der Waals surface area contributed by atoms with Crippen LogP contribution in [0.3, 0.4) is 0 Å². The van der Waals surface area contributed by atoms with Crippen LogP contribution >= 0.6 is 23.2 Å². The number of amides is 1. The van der Waals surface area contributed by atoms with E-state index >= 15 is 0 Å². The first kappa shape index (κ1) is 32.0. The van der Waals surface area contributed by atoms with Crippen molar-refractivity contribution in [2.45, 2.75) is 70.1 Å². The molecule has 0 spiro atoms. The highest BCUT2D eigenvalue weighted by molar-refractivity contribution is 6.31. The van der Waals surface area contributed by atoms with Crippen molar-refractivity contribution >= 4 is 40.9 Å². The monoisotopic (exact) mass is 626 g/mol. The first-order chi connectivity index (χ1) is 19.8. The third kappa shape index (κ3) is 7.51. The maximum atomic E-state index is 13.8. The Morgan fingerprint density at radius 2 is 1.50 bits per heavy atom. The minimum Gasteiger partial charge on any atom is -0.486 e. The molecule has 0 unspecified atom stereocenters. The molecule has 3 N–H and O–H groups in total. The number of rotatable bonds is 12. The molecular formula is C30H34Cl2F2N2O6. The highest BCUT2D eigenvalue weighted by Gasteiger charge is 2.57. The van der Waals surface area contributed by atoms with E-state index in [9.17, 15) is 23.2 Å². The van der Waals surface area contributed by atoms with E-state index in [0.29, 0.717) is 32.1 Å². The normalized spacial score (nSPS) is 23.8. The highest BCUT2D eigenvalue weighted by atomic mass is 35.5. The van der Waals surface area contributed by atoms with Crippen molar-refractivity contribution in [3.05, 3.63) is 58.1 Å². The van der Waals surface area contributed by atoms with Crippen LogP contribution in [0.15, 0.2) is 36.4 Å². The number of hydrogen-bond acceptors (Lipinski definition) is 7. The third-order valence-corrected chi connectivity index (χ3v) is 8.81. The standard InChI is InChI=1S/C30H34Cl2F2N2O6/c1-17(2)27(35)28(39)42-25-14-29(13-18(37)15-40-19-3-5-21(31)23(33)11-19)7-9-30(25,10-8-29)36-26(38)16-41-20-4-6-22(32)24(34)12-20/h3-6,11-12,17,25,27H,7-10,13-16,35H2,1-2H3,(H,36,38)/t25-,27+,29?,30?/m1/s1. The summed E-state index contributed by atoms with van der Waals surface area (Å²) >= 11 is 11.4. The highest BCUT2D eigenvalue weighted by Crippen LogP contribution is 2.55. The zero-order valence-corrected chi connectivity index (χ0v) is 24.9. The van der Waals surface area contributed by atoms with Crippen LogP contribution in [0.4, 0.5) is 8.78 Å². The number of carbonyl (C=O) groups is 3. The molecule has 8 nitrogen and oxygen atoms in total. The van der Waals surface area contributed by atoms with Crippen LogP contribution in [0.25, 0.3) is 0 Å². The van der Waals surface area contributed by atoms with Crippen molar-refractivity contribution in [2.24, 2.45) is 17.1 Å². The van der Waals surface area contributed by atoms with Crippen molar-refractivity contribution in [2.75, 3.05) is 13.2 Å². The summed E-state index contributed by atoms with van der Waals surface area (Å²) in [6.45, 7) is 2.97. The number of fused-ring (bicyclic) bond motifs is 3. The molecule has 0 aliphatic heterocycles. The van der Waals surface area contributed by atoms with E-state index in [2.05, 4.69) is 5.32 Å². The van der Waals surface area contributed by atoms with Gasteiger partial charge in [0.25, 0.3) is 5.91 Å². The fourth-order valence-corrected chi connectivity index (χ4v) is 5.91. The van der Waals surface area contributed by atoms with Gasteiger partial charge in [0.1, 0.15) is 41.9 Å². The molecule has 3 aliphatic carbocycles. The van der Waals surface area contributed by atoms with E-state index in [1.165, 1.54) is 24.3 Å². The fourth-order valence-electron chi connectivity index (χ4n) is 5.67. The lowest BCUT2D eigenvalue weighted by atomic mass is 9.54. The van der Waals surface area contributed by atoms with Gasteiger partial charge in [-0.3, -0.25) is 14.4 Å². The van der Waals surface area contributed by atoms with Gasteiger partial charge in [-0.15, -0.1) is 0 Å². The van der Waals surface area contributed by atoms with Gasteiger partial charge in [0.2, 0.25) is 0 Å². The molecule has 3 saturated carbocycles. The molecule has 0 aromatic heterocycles. The van der Waals surface area contributed by atoms with Gasteiger partial charge in [0.15, 0.2) is 12.4 Å². The number of ketones is 1. The average Bonchev–Trinajstić information content (AvgIpc) is 2.94. The number of halogens is 4. The quantitative estimate of drug-likeness (QED) is 0.303. The number of benzene rings is 2. The largest absolute Gasteiger partial charge is 0.486 e. The van der Waals surface area contributed by atoms with Gasteiger partial charge in [-0.1, -0.05) is 37.0 Å². The summed E-state index contributed by atoms with van der Waals surface area (Å²) in [4.78, 5) is 38.9. The molecule has 12 heteroatoms. The second kappa shape index (κ2) is 13.1. The van der Waals surface area contributed by atoms with E-state index in [1.54, 1.807) is 13.8 Å². The van der Waals surface area contributed by atoms with Gasteiger partial charge in [-0.25, -0.2) is 8.78 Å². The van der Waals surface area contributed by atoms with Gasteiger partial charge >= 0.3 is 5.97 Å². The summed E-state index contributed by atoms with van der Waals surface area (Å²) in [6.07, 6.45) is 1.90. The predicted molar refractivity (Wildman–Crippen MR) is 153 cm³/mol. The van der Waals surface area contributed by atoms with E-state index < -0.39 is 46.6 Å². The van der Waals surface area contributed by atoms with Gasteiger partial charge < -0.3 is 25.3 Å². The Hall–Kier alpha value is -2.95. The summed E-state index contributed by atoms with van der Waals surface area (Å²) in [5, 5.41) is 2.90.